The lowest BCUT2D eigenvalue weighted by Gasteiger charge is -2.35. The van der Waals surface area contributed by atoms with E-state index < -0.39 is 0 Å². The summed E-state index contributed by atoms with van der Waals surface area (Å²) in [6.07, 6.45) is 2.20. The minimum atomic E-state index is 0.0331. The molecule has 88 valence electrons. The smallest absolute Gasteiger partial charge is 0.317 e. The van der Waals surface area contributed by atoms with Crippen LogP contribution in [-0.4, -0.2) is 42.6 Å². The number of hydrogen-bond donors (Lipinski definition) is 2. The maximum atomic E-state index is 11.7. The van der Waals surface area contributed by atoms with Gasteiger partial charge in [-0.15, -0.1) is 0 Å². The molecule has 15 heavy (non-hydrogen) atoms. The number of amides is 2. The fourth-order valence-electron chi connectivity index (χ4n) is 1.94. The number of piperidine rings is 1. The molecule has 0 radical (unpaired) electrons. The van der Waals surface area contributed by atoms with Crippen molar-refractivity contribution < 1.29 is 4.79 Å². The predicted octanol–water partition coefficient (Wildman–Crippen LogP) is 1.18. The van der Waals surface area contributed by atoms with E-state index in [0.29, 0.717) is 12.1 Å². The lowest BCUT2D eigenvalue weighted by molar-refractivity contribution is 0.195. The van der Waals surface area contributed by atoms with E-state index >= 15 is 0 Å². The van der Waals surface area contributed by atoms with E-state index in [4.69, 9.17) is 0 Å². The summed E-state index contributed by atoms with van der Waals surface area (Å²) in [7, 11) is 1.82. The van der Waals surface area contributed by atoms with Gasteiger partial charge in [-0.25, -0.2) is 4.79 Å². The van der Waals surface area contributed by atoms with Crippen molar-refractivity contribution in [3.63, 3.8) is 0 Å². The van der Waals surface area contributed by atoms with E-state index in [1.807, 2.05) is 14.0 Å². The lowest BCUT2D eigenvalue weighted by atomic mass is 9.95. The lowest BCUT2D eigenvalue weighted by Crippen LogP contribution is -2.56. The molecule has 1 rings (SSSR count). The van der Waals surface area contributed by atoms with Crippen LogP contribution in [0.15, 0.2) is 0 Å². The second kappa shape index (κ2) is 5.35. The first-order valence-corrected chi connectivity index (χ1v) is 5.82. The monoisotopic (exact) mass is 213 g/mol. The normalized spacial score (nSPS) is 31.1. The van der Waals surface area contributed by atoms with Crippen LogP contribution in [0, 0.1) is 0 Å². The minimum absolute atomic E-state index is 0.0331. The van der Waals surface area contributed by atoms with Crippen molar-refractivity contribution in [1.82, 2.24) is 15.5 Å². The third-order valence-electron chi connectivity index (χ3n) is 3.19. The van der Waals surface area contributed by atoms with Crippen LogP contribution in [0.2, 0.25) is 0 Å². The van der Waals surface area contributed by atoms with Gasteiger partial charge in [-0.05, 0) is 33.6 Å². The van der Waals surface area contributed by atoms with Gasteiger partial charge in [0.25, 0.3) is 0 Å². The molecule has 0 aliphatic carbocycles. The maximum absolute atomic E-state index is 11.7. The molecule has 3 atom stereocenters. The zero-order valence-corrected chi connectivity index (χ0v) is 10.2. The molecule has 0 saturated carbocycles. The Balaban J connectivity index is 2.41. The first-order chi connectivity index (χ1) is 7.04. The summed E-state index contributed by atoms with van der Waals surface area (Å²) in [5.74, 6) is 0. The fraction of sp³-hybridized carbons (Fsp3) is 0.909. The Morgan fingerprint density at radius 1 is 1.47 bits per heavy atom. The highest BCUT2D eigenvalue weighted by molar-refractivity contribution is 5.74. The molecular formula is C11H23N3O. The van der Waals surface area contributed by atoms with Gasteiger partial charge >= 0.3 is 6.03 Å². The molecule has 1 aliphatic rings. The van der Waals surface area contributed by atoms with Crippen LogP contribution < -0.4 is 10.6 Å². The van der Waals surface area contributed by atoms with Gasteiger partial charge in [-0.2, -0.15) is 0 Å². The van der Waals surface area contributed by atoms with Crippen LogP contribution in [0.1, 0.15) is 33.6 Å². The molecule has 0 aromatic heterocycles. The Bertz CT molecular complexity index is 220. The summed E-state index contributed by atoms with van der Waals surface area (Å²) in [6.45, 7) is 7.04. The topological polar surface area (TPSA) is 44.4 Å². The standard InChI is InChI=1S/C11H23N3O/c1-5-14(4)11(15)13-10-7-6-8(2)12-9(10)3/h8-10,12H,5-7H2,1-4H3,(H,13,15). The van der Waals surface area contributed by atoms with Crippen molar-refractivity contribution in [3.05, 3.63) is 0 Å². The SMILES string of the molecule is CCN(C)C(=O)NC1CCC(C)NC1C. The molecule has 0 bridgehead atoms. The summed E-state index contributed by atoms with van der Waals surface area (Å²) in [5.41, 5.74) is 0. The van der Waals surface area contributed by atoms with Gasteiger partial charge < -0.3 is 15.5 Å². The van der Waals surface area contributed by atoms with Crippen LogP contribution in [0.25, 0.3) is 0 Å². The van der Waals surface area contributed by atoms with Crippen molar-refractivity contribution in [1.29, 1.82) is 0 Å². The predicted molar refractivity (Wildman–Crippen MR) is 61.9 cm³/mol. The van der Waals surface area contributed by atoms with Gasteiger partial charge in [0.2, 0.25) is 0 Å². The number of hydrogen-bond acceptors (Lipinski definition) is 2. The number of nitrogens with zero attached hydrogens (tertiary/aromatic N) is 1. The van der Waals surface area contributed by atoms with Gasteiger partial charge in [0.05, 0.1) is 0 Å². The number of nitrogens with one attached hydrogen (secondary N) is 2. The molecule has 0 aromatic carbocycles. The Morgan fingerprint density at radius 3 is 2.67 bits per heavy atom. The van der Waals surface area contributed by atoms with Crippen molar-refractivity contribution in [3.8, 4) is 0 Å². The van der Waals surface area contributed by atoms with E-state index in [2.05, 4.69) is 24.5 Å². The van der Waals surface area contributed by atoms with Gasteiger partial charge in [0, 0.05) is 31.7 Å². The van der Waals surface area contributed by atoms with Crippen molar-refractivity contribution in [2.24, 2.45) is 0 Å². The van der Waals surface area contributed by atoms with Crippen LogP contribution in [0.4, 0.5) is 4.79 Å². The molecule has 4 nitrogen and oxygen atoms in total. The van der Waals surface area contributed by atoms with E-state index in [1.54, 1.807) is 4.90 Å². The van der Waals surface area contributed by atoms with Crippen LogP contribution in [-0.2, 0) is 0 Å². The minimum Gasteiger partial charge on any atom is -0.334 e. The van der Waals surface area contributed by atoms with Crippen molar-refractivity contribution in [2.75, 3.05) is 13.6 Å². The molecule has 1 fully saturated rings. The van der Waals surface area contributed by atoms with Crippen LogP contribution >= 0.6 is 0 Å². The number of rotatable bonds is 2. The number of urea groups is 1. The highest BCUT2D eigenvalue weighted by Gasteiger charge is 2.26. The first-order valence-electron chi connectivity index (χ1n) is 5.82. The van der Waals surface area contributed by atoms with Crippen molar-refractivity contribution in [2.45, 2.75) is 51.7 Å². The summed E-state index contributed by atoms with van der Waals surface area (Å²) in [4.78, 5) is 13.4. The average molecular weight is 213 g/mol. The third-order valence-corrected chi connectivity index (χ3v) is 3.19. The Kier molecular flexibility index (Phi) is 4.39. The summed E-state index contributed by atoms with van der Waals surface area (Å²) < 4.78 is 0. The van der Waals surface area contributed by atoms with E-state index in [1.165, 1.54) is 0 Å². The van der Waals surface area contributed by atoms with E-state index in [-0.39, 0.29) is 12.1 Å². The number of carbonyl (C=O) groups is 1. The van der Waals surface area contributed by atoms with E-state index in [9.17, 15) is 4.79 Å². The largest absolute Gasteiger partial charge is 0.334 e. The molecule has 3 unspecified atom stereocenters. The van der Waals surface area contributed by atoms with Gasteiger partial charge in [0.1, 0.15) is 0 Å². The van der Waals surface area contributed by atoms with E-state index in [0.717, 1.165) is 19.4 Å². The summed E-state index contributed by atoms with van der Waals surface area (Å²) in [6, 6.07) is 1.23. The highest BCUT2D eigenvalue weighted by Crippen LogP contribution is 2.13. The second-order valence-electron chi connectivity index (χ2n) is 4.50. The number of carbonyl (C=O) groups excluding carboxylic acids is 1. The molecule has 0 aromatic rings. The Labute approximate surface area is 92.4 Å². The summed E-state index contributed by atoms with van der Waals surface area (Å²) >= 11 is 0. The Morgan fingerprint density at radius 2 is 2.13 bits per heavy atom. The quantitative estimate of drug-likeness (QED) is 0.723. The Hall–Kier alpha value is -0.770. The molecule has 4 heteroatoms. The molecule has 1 aliphatic heterocycles. The molecule has 1 heterocycles. The zero-order chi connectivity index (χ0) is 11.4. The molecule has 0 spiro atoms. The summed E-state index contributed by atoms with van der Waals surface area (Å²) in [5, 5.41) is 6.52. The fourth-order valence-corrected chi connectivity index (χ4v) is 1.94. The van der Waals surface area contributed by atoms with Crippen LogP contribution in [0.3, 0.4) is 0 Å². The second-order valence-corrected chi connectivity index (χ2v) is 4.50. The average Bonchev–Trinajstić information content (AvgIpc) is 2.20. The van der Waals surface area contributed by atoms with Gasteiger partial charge in [0.15, 0.2) is 0 Å². The van der Waals surface area contributed by atoms with Gasteiger partial charge in [-0.1, -0.05) is 0 Å². The zero-order valence-electron chi connectivity index (χ0n) is 10.2. The van der Waals surface area contributed by atoms with Gasteiger partial charge in [-0.3, -0.25) is 0 Å². The highest BCUT2D eigenvalue weighted by atomic mass is 16.2. The molecular weight excluding hydrogens is 190 g/mol. The molecule has 2 amide bonds. The maximum Gasteiger partial charge on any atom is 0.317 e. The molecule has 2 N–H and O–H groups in total. The van der Waals surface area contributed by atoms with Crippen molar-refractivity contribution >= 4 is 6.03 Å². The first kappa shape index (κ1) is 12.3. The van der Waals surface area contributed by atoms with Crippen LogP contribution in [0.5, 0.6) is 0 Å². The third kappa shape index (κ3) is 3.38. The molecule has 1 saturated heterocycles.